The molecular weight excluding hydrogens is 324 g/mol. The topological polar surface area (TPSA) is 173 Å². The van der Waals surface area contributed by atoms with Gasteiger partial charge in [0, 0.05) is 29.1 Å². The highest BCUT2D eigenvalue weighted by atomic mass is 16.4. The maximum atomic E-state index is 10.8. The van der Waals surface area contributed by atoms with Gasteiger partial charge in [-0.3, -0.25) is 0 Å². The van der Waals surface area contributed by atoms with Gasteiger partial charge in [-0.1, -0.05) is 18.2 Å². The summed E-state index contributed by atoms with van der Waals surface area (Å²) in [5.41, 5.74) is -3.39. The number of carbonyl (C=O) groups is 3. The van der Waals surface area contributed by atoms with E-state index in [2.05, 4.69) is 0 Å². The van der Waals surface area contributed by atoms with E-state index in [1.165, 1.54) is 0 Å². The average molecular weight is 344 g/mol. The predicted octanol–water partition coefficient (Wildman–Crippen LogP) is -0.751. The molecule has 0 aliphatic carbocycles. The predicted molar refractivity (Wildman–Crippen MR) is 81.1 cm³/mol. The second-order valence-electron chi connectivity index (χ2n) is 5.08. The van der Waals surface area contributed by atoms with E-state index in [1.807, 2.05) is 0 Å². The number of allylic oxidation sites excluding steroid dienone is 1. The maximum absolute atomic E-state index is 10.8. The van der Waals surface area contributed by atoms with Crippen molar-refractivity contribution < 1.29 is 45.0 Å². The van der Waals surface area contributed by atoms with Crippen LogP contribution in [-0.4, -0.2) is 68.4 Å². The Hall–Kier alpha value is -2.49. The molecule has 0 spiro atoms. The minimum atomic E-state index is -1.75. The molecule has 24 heavy (non-hydrogen) atoms. The second kappa shape index (κ2) is 9.60. The van der Waals surface area contributed by atoms with E-state index in [4.69, 9.17) is 15.3 Å². The molecule has 9 nitrogen and oxygen atoms in total. The zero-order chi connectivity index (χ0) is 18.8. The summed E-state index contributed by atoms with van der Waals surface area (Å²) in [5, 5.41) is 55.4. The van der Waals surface area contributed by atoms with Crippen molar-refractivity contribution >= 4 is 17.9 Å². The molecule has 0 bridgehead atoms. The standard InChI is InChI=1S/C15H20O9/c16-8-14(6-3-12(21)22,7-4-13(23)24)15(9-17,10-18)5-1-2-11(19)20/h1-4,6-7,16-18H,5,8-10H2,(H,19,20)(H,21,22)(H,23,24). The van der Waals surface area contributed by atoms with Gasteiger partial charge in [0.25, 0.3) is 0 Å². The number of hydrogen-bond donors (Lipinski definition) is 6. The zero-order valence-electron chi connectivity index (χ0n) is 12.7. The van der Waals surface area contributed by atoms with Gasteiger partial charge in [-0.25, -0.2) is 14.4 Å². The first-order valence-electron chi connectivity index (χ1n) is 6.75. The smallest absolute Gasteiger partial charge is 0.328 e. The van der Waals surface area contributed by atoms with E-state index < -0.39 is 48.6 Å². The number of carboxylic acids is 3. The van der Waals surface area contributed by atoms with Crippen LogP contribution in [0.4, 0.5) is 0 Å². The average Bonchev–Trinajstić information content (AvgIpc) is 2.52. The van der Waals surface area contributed by atoms with Gasteiger partial charge >= 0.3 is 17.9 Å². The second-order valence-corrected chi connectivity index (χ2v) is 5.08. The van der Waals surface area contributed by atoms with E-state index in [0.29, 0.717) is 12.2 Å². The summed E-state index contributed by atoms with van der Waals surface area (Å²) in [6.07, 6.45) is 4.80. The van der Waals surface area contributed by atoms with Gasteiger partial charge in [-0.05, 0) is 6.42 Å². The van der Waals surface area contributed by atoms with E-state index in [0.717, 1.165) is 24.3 Å². The molecule has 9 heteroatoms. The Bertz CT molecular complexity index is 517. The van der Waals surface area contributed by atoms with E-state index >= 15 is 0 Å². The van der Waals surface area contributed by atoms with Gasteiger partial charge in [0.2, 0.25) is 0 Å². The van der Waals surface area contributed by atoms with Crippen LogP contribution in [0.1, 0.15) is 6.42 Å². The third-order valence-corrected chi connectivity index (χ3v) is 3.67. The van der Waals surface area contributed by atoms with E-state index in [1.54, 1.807) is 0 Å². The van der Waals surface area contributed by atoms with Crippen molar-refractivity contribution in [1.29, 1.82) is 0 Å². The number of carboxylic acid groups (broad SMARTS) is 3. The number of aliphatic carboxylic acids is 3. The Balaban J connectivity index is 6.18. The lowest BCUT2D eigenvalue weighted by Gasteiger charge is -2.44. The van der Waals surface area contributed by atoms with Gasteiger partial charge in [0.1, 0.15) is 0 Å². The molecule has 0 aliphatic heterocycles. The fraction of sp³-hybridized carbons (Fsp3) is 0.400. The molecule has 0 heterocycles. The van der Waals surface area contributed by atoms with E-state index in [-0.39, 0.29) is 6.42 Å². The van der Waals surface area contributed by atoms with E-state index in [9.17, 15) is 29.7 Å². The first-order chi connectivity index (χ1) is 11.2. The fourth-order valence-corrected chi connectivity index (χ4v) is 2.17. The molecule has 0 amide bonds. The zero-order valence-corrected chi connectivity index (χ0v) is 12.7. The number of rotatable bonds is 11. The van der Waals surface area contributed by atoms with Crippen molar-refractivity contribution in [3.8, 4) is 0 Å². The normalized spacial score (nSPS) is 15.1. The van der Waals surface area contributed by atoms with Gasteiger partial charge in [-0.2, -0.15) is 0 Å². The van der Waals surface area contributed by atoms with Crippen LogP contribution >= 0.6 is 0 Å². The monoisotopic (exact) mass is 344 g/mol. The lowest BCUT2D eigenvalue weighted by atomic mass is 9.62. The molecule has 0 aromatic heterocycles. The molecule has 0 saturated carbocycles. The summed E-state index contributed by atoms with van der Waals surface area (Å²) in [6.45, 7) is -2.38. The van der Waals surface area contributed by atoms with Crippen molar-refractivity contribution in [2.24, 2.45) is 10.8 Å². The van der Waals surface area contributed by atoms with Crippen molar-refractivity contribution in [3.05, 3.63) is 36.5 Å². The third kappa shape index (κ3) is 5.61. The van der Waals surface area contributed by atoms with Crippen LogP contribution in [0, 0.1) is 10.8 Å². The fourth-order valence-electron chi connectivity index (χ4n) is 2.17. The Labute approximate surface area is 137 Å². The van der Waals surface area contributed by atoms with Crippen LogP contribution < -0.4 is 0 Å². The van der Waals surface area contributed by atoms with Crippen LogP contribution in [0.3, 0.4) is 0 Å². The van der Waals surface area contributed by atoms with Gasteiger partial charge in [0.05, 0.1) is 19.8 Å². The number of hydrogen-bond acceptors (Lipinski definition) is 6. The molecule has 0 saturated heterocycles. The highest BCUT2D eigenvalue weighted by Gasteiger charge is 2.47. The Morgan fingerprint density at radius 1 is 0.708 bits per heavy atom. The summed E-state index contributed by atoms with van der Waals surface area (Å²) in [7, 11) is 0. The summed E-state index contributed by atoms with van der Waals surface area (Å²) in [5.74, 6) is -4.05. The number of aliphatic hydroxyl groups is 3. The quantitative estimate of drug-likeness (QED) is 0.264. The van der Waals surface area contributed by atoms with Gasteiger partial charge in [0.15, 0.2) is 0 Å². The maximum Gasteiger partial charge on any atom is 0.328 e. The summed E-state index contributed by atoms with van der Waals surface area (Å²) in [6, 6.07) is 0. The minimum Gasteiger partial charge on any atom is -0.478 e. The highest BCUT2D eigenvalue weighted by Crippen LogP contribution is 2.45. The molecule has 0 atom stereocenters. The molecule has 6 N–H and O–H groups in total. The largest absolute Gasteiger partial charge is 0.478 e. The Morgan fingerprint density at radius 2 is 1.12 bits per heavy atom. The molecule has 0 rings (SSSR count). The van der Waals surface area contributed by atoms with Crippen LogP contribution in [0.25, 0.3) is 0 Å². The van der Waals surface area contributed by atoms with Crippen molar-refractivity contribution in [3.63, 3.8) is 0 Å². The Morgan fingerprint density at radius 3 is 1.42 bits per heavy atom. The lowest BCUT2D eigenvalue weighted by molar-refractivity contribution is -0.132. The summed E-state index contributed by atoms with van der Waals surface area (Å²) >= 11 is 0. The van der Waals surface area contributed by atoms with Gasteiger partial charge in [-0.15, -0.1) is 0 Å². The lowest BCUT2D eigenvalue weighted by Crippen LogP contribution is -2.48. The molecular formula is C15H20O9. The molecule has 0 aromatic rings. The molecule has 0 radical (unpaired) electrons. The van der Waals surface area contributed by atoms with Crippen LogP contribution in [0.5, 0.6) is 0 Å². The van der Waals surface area contributed by atoms with Crippen molar-refractivity contribution in [2.75, 3.05) is 19.8 Å². The third-order valence-electron chi connectivity index (χ3n) is 3.67. The van der Waals surface area contributed by atoms with Crippen LogP contribution in [0.2, 0.25) is 0 Å². The SMILES string of the molecule is O=C(O)C=CCC(CO)(CO)C(C=CC(=O)O)(C=CC(=O)O)CO. The van der Waals surface area contributed by atoms with Crippen LogP contribution in [0.15, 0.2) is 36.5 Å². The van der Waals surface area contributed by atoms with Crippen LogP contribution in [-0.2, 0) is 14.4 Å². The molecule has 0 aliphatic rings. The van der Waals surface area contributed by atoms with Gasteiger partial charge < -0.3 is 30.6 Å². The molecule has 0 unspecified atom stereocenters. The number of aliphatic hydroxyl groups excluding tert-OH is 3. The molecule has 0 fully saturated rings. The highest BCUT2D eigenvalue weighted by molar-refractivity contribution is 5.81. The first-order valence-corrected chi connectivity index (χ1v) is 6.75. The summed E-state index contributed by atoms with van der Waals surface area (Å²) < 4.78 is 0. The summed E-state index contributed by atoms with van der Waals surface area (Å²) in [4.78, 5) is 32.1. The minimum absolute atomic E-state index is 0.263. The molecule has 134 valence electrons. The Kier molecular flexibility index (Phi) is 8.61. The molecule has 0 aromatic carbocycles. The first kappa shape index (κ1) is 21.5. The van der Waals surface area contributed by atoms with Crippen molar-refractivity contribution in [1.82, 2.24) is 0 Å². The van der Waals surface area contributed by atoms with Crippen molar-refractivity contribution in [2.45, 2.75) is 6.42 Å².